The Morgan fingerprint density at radius 2 is 2.12 bits per heavy atom. The quantitative estimate of drug-likeness (QED) is 0.650. The summed E-state index contributed by atoms with van der Waals surface area (Å²) in [6.07, 6.45) is 0. The Morgan fingerprint density at radius 1 is 1.47 bits per heavy atom. The lowest BCUT2D eigenvalue weighted by atomic mass is 10.1. The van der Waals surface area contributed by atoms with E-state index in [2.05, 4.69) is 21.2 Å². The zero-order valence-electron chi connectivity index (χ0n) is 9.54. The molecule has 0 saturated heterocycles. The maximum absolute atomic E-state index is 11.4. The van der Waals surface area contributed by atoms with Crippen molar-refractivity contribution in [2.45, 2.75) is 6.92 Å². The molecule has 5 nitrogen and oxygen atoms in total. The number of nitrogens with two attached hydrogens (primary N) is 1. The van der Waals surface area contributed by atoms with Crippen LogP contribution in [0.3, 0.4) is 0 Å². The van der Waals surface area contributed by atoms with E-state index in [1.165, 1.54) is 14.0 Å². The SMILES string of the molecule is CNC(=O)COc1c(N)cc(Br)cc1C(C)=O. The summed E-state index contributed by atoms with van der Waals surface area (Å²) in [5, 5.41) is 2.42. The fraction of sp³-hybridized carbons (Fsp3) is 0.273. The lowest BCUT2D eigenvalue weighted by Crippen LogP contribution is -2.25. The van der Waals surface area contributed by atoms with Gasteiger partial charge in [0.05, 0.1) is 11.3 Å². The number of amides is 1. The van der Waals surface area contributed by atoms with E-state index in [1.807, 2.05) is 0 Å². The largest absolute Gasteiger partial charge is 0.481 e. The number of ketones is 1. The molecule has 0 radical (unpaired) electrons. The molecule has 0 unspecified atom stereocenters. The van der Waals surface area contributed by atoms with Crippen molar-refractivity contribution in [3.63, 3.8) is 0 Å². The molecule has 0 atom stereocenters. The lowest BCUT2D eigenvalue weighted by molar-refractivity contribution is -0.122. The number of hydrogen-bond acceptors (Lipinski definition) is 4. The summed E-state index contributed by atoms with van der Waals surface area (Å²) in [4.78, 5) is 22.5. The van der Waals surface area contributed by atoms with Crippen molar-refractivity contribution in [2.24, 2.45) is 0 Å². The fourth-order valence-corrected chi connectivity index (χ4v) is 1.72. The summed E-state index contributed by atoms with van der Waals surface area (Å²) in [6, 6.07) is 3.23. The van der Waals surface area contributed by atoms with Gasteiger partial charge < -0.3 is 15.8 Å². The normalized spacial score (nSPS) is 9.82. The highest BCUT2D eigenvalue weighted by atomic mass is 79.9. The van der Waals surface area contributed by atoms with Gasteiger partial charge in [0.2, 0.25) is 0 Å². The molecule has 1 amide bonds. The lowest BCUT2D eigenvalue weighted by Gasteiger charge is -2.12. The highest BCUT2D eigenvalue weighted by Gasteiger charge is 2.14. The summed E-state index contributed by atoms with van der Waals surface area (Å²) in [7, 11) is 1.50. The van der Waals surface area contributed by atoms with Crippen molar-refractivity contribution in [1.29, 1.82) is 0 Å². The molecule has 1 rings (SSSR count). The first-order chi connectivity index (χ1) is 7.95. The van der Waals surface area contributed by atoms with Crippen molar-refractivity contribution >= 4 is 33.3 Å². The predicted octanol–water partition coefficient (Wildman–Crippen LogP) is 1.36. The third kappa shape index (κ3) is 3.45. The average Bonchev–Trinajstić information content (AvgIpc) is 2.26. The first-order valence-electron chi connectivity index (χ1n) is 4.89. The molecule has 17 heavy (non-hydrogen) atoms. The average molecular weight is 301 g/mol. The molecule has 1 aromatic carbocycles. The summed E-state index contributed by atoms with van der Waals surface area (Å²) in [5.41, 5.74) is 6.41. The zero-order chi connectivity index (χ0) is 13.0. The number of nitrogen functional groups attached to an aromatic ring is 1. The number of carbonyl (C=O) groups excluding carboxylic acids is 2. The Bertz CT molecular complexity index is 460. The molecule has 0 aromatic heterocycles. The Kier molecular flexibility index (Phi) is 4.51. The third-order valence-corrected chi connectivity index (χ3v) is 2.55. The van der Waals surface area contributed by atoms with Crippen LogP contribution in [0.15, 0.2) is 16.6 Å². The van der Waals surface area contributed by atoms with Gasteiger partial charge in [-0.1, -0.05) is 15.9 Å². The van der Waals surface area contributed by atoms with E-state index in [0.717, 1.165) is 0 Å². The summed E-state index contributed by atoms with van der Waals surface area (Å²) < 4.78 is 5.95. The molecule has 0 fully saturated rings. The molecule has 0 aliphatic heterocycles. The third-order valence-electron chi connectivity index (χ3n) is 2.09. The molecule has 0 aliphatic carbocycles. The van der Waals surface area contributed by atoms with E-state index in [0.29, 0.717) is 15.7 Å². The summed E-state index contributed by atoms with van der Waals surface area (Å²) >= 11 is 3.24. The number of halogens is 1. The Hall–Kier alpha value is -1.56. The second kappa shape index (κ2) is 5.67. The molecule has 0 saturated carbocycles. The van der Waals surface area contributed by atoms with Crippen molar-refractivity contribution in [2.75, 3.05) is 19.4 Å². The van der Waals surface area contributed by atoms with Crippen LogP contribution in [0.5, 0.6) is 5.75 Å². The van der Waals surface area contributed by atoms with Gasteiger partial charge in [0.25, 0.3) is 5.91 Å². The second-order valence-corrected chi connectivity index (χ2v) is 4.31. The Morgan fingerprint density at radius 3 is 2.65 bits per heavy atom. The minimum atomic E-state index is -0.290. The number of Topliss-reactive ketones (excluding diaryl/α,β-unsaturated/α-hetero) is 1. The van der Waals surface area contributed by atoms with Crippen LogP contribution in [0.4, 0.5) is 5.69 Å². The minimum Gasteiger partial charge on any atom is -0.481 e. The summed E-state index contributed by atoms with van der Waals surface area (Å²) in [6.45, 7) is 1.23. The molecular formula is C11H13BrN2O3. The van der Waals surface area contributed by atoms with E-state index in [-0.39, 0.29) is 24.0 Å². The molecule has 1 aromatic rings. The van der Waals surface area contributed by atoms with Gasteiger partial charge in [-0.25, -0.2) is 0 Å². The Balaban J connectivity index is 3.04. The van der Waals surface area contributed by atoms with Crippen LogP contribution in [-0.2, 0) is 4.79 Å². The van der Waals surface area contributed by atoms with Crippen LogP contribution in [0.25, 0.3) is 0 Å². The van der Waals surface area contributed by atoms with Crippen molar-refractivity contribution in [3.05, 3.63) is 22.2 Å². The molecular weight excluding hydrogens is 288 g/mol. The van der Waals surface area contributed by atoms with Crippen LogP contribution in [0.2, 0.25) is 0 Å². The van der Waals surface area contributed by atoms with E-state index in [9.17, 15) is 9.59 Å². The number of ether oxygens (including phenoxy) is 1. The van der Waals surface area contributed by atoms with Gasteiger partial charge in [-0.05, 0) is 19.1 Å². The number of carbonyl (C=O) groups is 2. The standard InChI is InChI=1S/C11H13BrN2O3/c1-6(15)8-3-7(12)4-9(13)11(8)17-5-10(16)14-2/h3-4H,5,13H2,1-2H3,(H,14,16). The highest BCUT2D eigenvalue weighted by molar-refractivity contribution is 9.10. The second-order valence-electron chi connectivity index (χ2n) is 3.39. The molecule has 92 valence electrons. The van der Waals surface area contributed by atoms with E-state index in [4.69, 9.17) is 10.5 Å². The number of rotatable bonds is 4. The highest BCUT2D eigenvalue weighted by Crippen LogP contribution is 2.31. The van der Waals surface area contributed by atoms with E-state index >= 15 is 0 Å². The molecule has 0 bridgehead atoms. The topological polar surface area (TPSA) is 81.4 Å². The van der Waals surface area contributed by atoms with Gasteiger partial charge in [0.1, 0.15) is 0 Å². The number of benzene rings is 1. The molecule has 3 N–H and O–H groups in total. The van der Waals surface area contributed by atoms with Crippen LogP contribution in [-0.4, -0.2) is 25.3 Å². The van der Waals surface area contributed by atoms with E-state index < -0.39 is 0 Å². The minimum absolute atomic E-state index is 0.176. The van der Waals surface area contributed by atoms with Gasteiger partial charge in [-0.3, -0.25) is 9.59 Å². The fourth-order valence-electron chi connectivity index (χ4n) is 1.25. The maximum Gasteiger partial charge on any atom is 0.257 e. The van der Waals surface area contributed by atoms with Crippen LogP contribution >= 0.6 is 15.9 Å². The Labute approximate surface area is 107 Å². The van der Waals surface area contributed by atoms with Crippen molar-refractivity contribution in [1.82, 2.24) is 5.32 Å². The van der Waals surface area contributed by atoms with Gasteiger partial charge in [0, 0.05) is 11.5 Å². The molecule has 0 heterocycles. The predicted molar refractivity (Wildman–Crippen MR) is 68.1 cm³/mol. The van der Waals surface area contributed by atoms with E-state index in [1.54, 1.807) is 12.1 Å². The number of nitrogens with one attached hydrogen (secondary N) is 1. The van der Waals surface area contributed by atoms with Crippen molar-refractivity contribution in [3.8, 4) is 5.75 Å². The maximum atomic E-state index is 11.4. The number of anilines is 1. The van der Waals surface area contributed by atoms with Crippen LogP contribution in [0, 0.1) is 0 Å². The molecule has 6 heteroatoms. The smallest absolute Gasteiger partial charge is 0.257 e. The van der Waals surface area contributed by atoms with Crippen LogP contribution < -0.4 is 15.8 Å². The first-order valence-corrected chi connectivity index (χ1v) is 5.68. The molecule has 0 aliphatic rings. The van der Waals surface area contributed by atoms with Gasteiger partial charge in [-0.15, -0.1) is 0 Å². The van der Waals surface area contributed by atoms with Gasteiger partial charge in [0.15, 0.2) is 18.1 Å². The van der Waals surface area contributed by atoms with Gasteiger partial charge >= 0.3 is 0 Å². The van der Waals surface area contributed by atoms with Crippen molar-refractivity contribution < 1.29 is 14.3 Å². The van der Waals surface area contributed by atoms with Crippen LogP contribution in [0.1, 0.15) is 17.3 Å². The summed E-state index contributed by atoms with van der Waals surface area (Å²) in [5.74, 6) is -0.226. The first kappa shape index (κ1) is 13.5. The zero-order valence-corrected chi connectivity index (χ0v) is 11.1. The molecule has 0 spiro atoms. The monoisotopic (exact) mass is 300 g/mol. The number of hydrogen-bond donors (Lipinski definition) is 2. The number of likely N-dealkylation sites (N-methyl/N-ethyl adjacent to an activating group) is 1. The van der Waals surface area contributed by atoms with Gasteiger partial charge in [-0.2, -0.15) is 0 Å².